The number of benzene rings is 2. The van der Waals surface area contributed by atoms with Gasteiger partial charge in [0.2, 0.25) is 0 Å². The number of halogens is 1. The van der Waals surface area contributed by atoms with Crippen molar-refractivity contribution in [1.82, 2.24) is 9.78 Å². The maximum absolute atomic E-state index is 12.4. The molecule has 0 aliphatic carbocycles. The van der Waals surface area contributed by atoms with Gasteiger partial charge in [-0.3, -0.25) is 10.2 Å². The summed E-state index contributed by atoms with van der Waals surface area (Å²) in [5, 5.41) is 8.30. The van der Waals surface area contributed by atoms with E-state index in [4.69, 9.17) is 0 Å². The van der Waals surface area contributed by atoms with Crippen molar-refractivity contribution in [3.63, 3.8) is 0 Å². The molecule has 0 radical (unpaired) electrons. The van der Waals surface area contributed by atoms with E-state index in [0.29, 0.717) is 15.8 Å². The smallest absolute Gasteiger partial charge is 0.275 e. The van der Waals surface area contributed by atoms with Crippen molar-refractivity contribution in [2.75, 3.05) is 5.43 Å². The maximum Gasteiger partial charge on any atom is 0.287 e. The van der Waals surface area contributed by atoms with E-state index in [1.807, 2.05) is 60.7 Å². The van der Waals surface area contributed by atoms with Crippen LogP contribution in [0.3, 0.4) is 0 Å². The van der Waals surface area contributed by atoms with Crippen LogP contribution in [-0.2, 0) is 0 Å². The highest BCUT2D eigenvalue weighted by atomic mass is 79.9. The zero-order chi connectivity index (χ0) is 16.1. The van der Waals surface area contributed by atoms with Crippen molar-refractivity contribution in [1.29, 1.82) is 0 Å². The fraction of sp³-hybridized carbons (Fsp3) is 0. The molecule has 3 rings (SSSR count). The number of hydrogen-bond acceptors (Lipinski definition) is 4. The molecule has 1 aromatic heterocycles. The van der Waals surface area contributed by atoms with Gasteiger partial charge in [-0.1, -0.05) is 48.5 Å². The van der Waals surface area contributed by atoms with Gasteiger partial charge in [0, 0.05) is 0 Å². The average molecular weight is 369 g/mol. The fourth-order valence-electron chi connectivity index (χ4n) is 1.98. The van der Waals surface area contributed by atoms with E-state index in [2.05, 4.69) is 31.6 Å². The minimum atomic E-state index is -0.254. The molecule has 6 heteroatoms. The first-order valence-electron chi connectivity index (χ1n) is 6.93. The third-order valence-electron chi connectivity index (χ3n) is 3.12. The topological polar surface area (TPSA) is 59.3 Å². The Balaban J connectivity index is 1.84. The van der Waals surface area contributed by atoms with E-state index >= 15 is 0 Å². The summed E-state index contributed by atoms with van der Waals surface area (Å²) in [5.74, 6) is 0. The predicted octanol–water partition coefficient (Wildman–Crippen LogP) is 3.44. The van der Waals surface area contributed by atoms with Crippen LogP contribution >= 0.6 is 15.9 Å². The Kier molecular flexibility index (Phi) is 4.63. The van der Waals surface area contributed by atoms with Crippen molar-refractivity contribution >= 4 is 27.8 Å². The maximum atomic E-state index is 12.4. The second-order valence-electron chi connectivity index (χ2n) is 4.71. The number of hydrazone groups is 1. The van der Waals surface area contributed by atoms with E-state index in [1.165, 1.54) is 4.68 Å². The Bertz CT molecular complexity index is 876. The molecule has 0 saturated heterocycles. The second kappa shape index (κ2) is 7.02. The van der Waals surface area contributed by atoms with E-state index in [-0.39, 0.29) is 5.56 Å². The highest BCUT2D eigenvalue weighted by Crippen LogP contribution is 2.17. The van der Waals surface area contributed by atoms with Crippen LogP contribution < -0.4 is 11.0 Å². The molecule has 2 aromatic carbocycles. The quantitative estimate of drug-likeness (QED) is 0.566. The van der Waals surface area contributed by atoms with Crippen molar-refractivity contribution in [2.45, 2.75) is 0 Å². The normalized spacial score (nSPS) is 10.8. The van der Waals surface area contributed by atoms with Crippen LogP contribution in [0.15, 0.2) is 81.2 Å². The van der Waals surface area contributed by atoms with Gasteiger partial charge in [0.15, 0.2) is 0 Å². The summed E-state index contributed by atoms with van der Waals surface area (Å²) in [6.45, 7) is 0. The van der Waals surface area contributed by atoms with Gasteiger partial charge in [-0.2, -0.15) is 14.9 Å². The molecule has 0 aliphatic rings. The Labute approximate surface area is 141 Å². The lowest BCUT2D eigenvalue weighted by Crippen LogP contribution is -2.22. The molecule has 0 fully saturated rings. The van der Waals surface area contributed by atoms with Gasteiger partial charge in [0.05, 0.1) is 23.8 Å². The monoisotopic (exact) mass is 368 g/mol. The zero-order valence-corrected chi connectivity index (χ0v) is 13.6. The molecule has 3 aromatic rings. The Morgan fingerprint density at radius 3 is 2.39 bits per heavy atom. The molecule has 0 saturated carbocycles. The van der Waals surface area contributed by atoms with Crippen LogP contribution in [0.2, 0.25) is 0 Å². The average Bonchev–Trinajstić information content (AvgIpc) is 2.60. The van der Waals surface area contributed by atoms with Crippen LogP contribution in [0.5, 0.6) is 0 Å². The fourth-order valence-corrected chi connectivity index (χ4v) is 2.34. The molecular weight excluding hydrogens is 356 g/mol. The summed E-state index contributed by atoms with van der Waals surface area (Å²) < 4.78 is 1.71. The molecule has 0 aliphatic heterocycles. The van der Waals surface area contributed by atoms with Crippen molar-refractivity contribution in [2.24, 2.45) is 5.10 Å². The second-order valence-corrected chi connectivity index (χ2v) is 5.50. The summed E-state index contributed by atoms with van der Waals surface area (Å²) >= 11 is 3.31. The predicted molar refractivity (Wildman–Crippen MR) is 95.2 cm³/mol. The zero-order valence-electron chi connectivity index (χ0n) is 12.1. The van der Waals surface area contributed by atoms with Gasteiger partial charge in [0.1, 0.15) is 4.47 Å². The lowest BCUT2D eigenvalue weighted by atomic mass is 10.2. The Morgan fingerprint density at radius 2 is 1.70 bits per heavy atom. The summed E-state index contributed by atoms with van der Waals surface area (Å²) in [4.78, 5) is 12.4. The first-order valence-corrected chi connectivity index (χ1v) is 7.72. The van der Waals surface area contributed by atoms with Gasteiger partial charge < -0.3 is 0 Å². The number of rotatable bonds is 4. The minimum Gasteiger partial charge on any atom is -0.275 e. The lowest BCUT2D eigenvalue weighted by Gasteiger charge is -2.07. The van der Waals surface area contributed by atoms with E-state index in [9.17, 15) is 4.79 Å². The molecule has 0 spiro atoms. The molecule has 114 valence electrons. The SMILES string of the molecule is O=c1c(Br)c(NN=Cc2ccccc2)cnn1-c1ccccc1. The largest absolute Gasteiger partial charge is 0.287 e. The van der Waals surface area contributed by atoms with E-state index in [0.717, 1.165) is 5.56 Å². The Hall–Kier alpha value is -2.73. The van der Waals surface area contributed by atoms with Crippen molar-refractivity contribution in [3.05, 3.63) is 87.3 Å². The third kappa shape index (κ3) is 3.54. The molecule has 0 amide bonds. The number of nitrogens with one attached hydrogen (secondary N) is 1. The first kappa shape index (κ1) is 15.2. The number of hydrogen-bond donors (Lipinski definition) is 1. The van der Waals surface area contributed by atoms with Crippen LogP contribution in [0.25, 0.3) is 5.69 Å². The number of aromatic nitrogens is 2. The molecule has 1 heterocycles. The van der Waals surface area contributed by atoms with E-state index < -0.39 is 0 Å². The van der Waals surface area contributed by atoms with Gasteiger partial charge in [0.25, 0.3) is 5.56 Å². The molecule has 5 nitrogen and oxygen atoms in total. The molecular formula is C17H13BrN4O. The van der Waals surface area contributed by atoms with Crippen LogP contribution in [0.1, 0.15) is 5.56 Å². The first-order chi connectivity index (χ1) is 11.3. The van der Waals surface area contributed by atoms with Gasteiger partial charge >= 0.3 is 0 Å². The van der Waals surface area contributed by atoms with Crippen molar-refractivity contribution < 1.29 is 0 Å². The summed E-state index contributed by atoms with van der Waals surface area (Å²) in [5.41, 5.74) is 4.75. The number of anilines is 1. The van der Waals surface area contributed by atoms with Crippen LogP contribution in [0, 0.1) is 0 Å². The molecule has 0 bridgehead atoms. The van der Waals surface area contributed by atoms with Crippen LogP contribution in [0.4, 0.5) is 5.69 Å². The highest BCUT2D eigenvalue weighted by molar-refractivity contribution is 9.10. The summed E-state index contributed by atoms with van der Waals surface area (Å²) in [6, 6.07) is 18.9. The van der Waals surface area contributed by atoms with Crippen LogP contribution in [-0.4, -0.2) is 16.0 Å². The van der Waals surface area contributed by atoms with Gasteiger partial charge in [-0.25, -0.2) is 0 Å². The number of nitrogens with zero attached hydrogens (tertiary/aromatic N) is 3. The van der Waals surface area contributed by atoms with Gasteiger partial charge in [-0.05, 0) is 33.6 Å². The van der Waals surface area contributed by atoms with Gasteiger partial charge in [-0.15, -0.1) is 0 Å². The third-order valence-corrected chi connectivity index (χ3v) is 3.88. The highest BCUT2D eigenvalue weighted by Gasteiger charge is 2.09. The summed E-state index contributed by atoms with van der Waals surface area (Å²) in [7, 11) is 0. The molecule has 0 unspecified atom stereocenters. The summed E-state index contributed by atoms with van der Waals surface area (Å²) in [6.07, 6.45) is 3.23. The molecule has 0 atom stereocenters. The molecule has 23 heavy (non-hydrogen) atoms. The minimum absolute atomic E-state index is 0.254. The van der Waals surface area contributed by atoms with Crippen molar-refractivity contribution in [3.8, 4) is 5.69 Å². The Morgan fingerprint density at radius 1 is 1.04 bits per heavy atom. The number of para-hydroxylation sites is 1. The van der Waals surface area contributed by atoms with E-state index in [1.54, 1.807) is 12.4 Å². The molecule has 1 N–H and O–H groups in total. The standard InChI is InChI=1S/C17H13BrN4O/c18-16-15(21-19-11-13-7-3-1-4-8-13)12-20-22(17(16)23)14-9-5-2-6-10-14/h1-12,21H. The lowest BCUT2D eigenvalue weighted by molar-refractivity contribution is 0.801.